The Kier molecular flexibility index (Phi) is 4.62. The first-order valence-corrected chi connectivity index (χ1v) is 7.42. The highest BCUT2D eigenvalue weighted by Crippen LogP contribution is 2.34. The summed E-state index contributed by atoms with van der Waals surface area (Å²) in [6.07, 6.45) is 1.99. The van der Waals surface area contributed by atoms with Gasteiger partial charge in [-0.25, -0.2) is 4.98 Å². The maximum atomic E-state index is 6.18. The minimum absolute atomic E-state index is 0.00621. The van der Waals surface area contributed by atoms with Crippen molar-refractivity contribution >= 4 is 34.5 Å². The molecule has 0 saturated carbocycles. The van der Waals surface area contributed by atoms with Gasteiger partial charge in [-0.2, -0.15) is 0 Å². The lowest BCUT2D eigenvalue weighted by Crippen LogP contribution is -2.09. The van der Waals surface area contributed by atoms with Crippen molar-refractivity contribution in [3.8, 4) is 11.3 Å². The fraction of sp³-hybridized carbons (Fsp3) is 0.308. The summed E-state index contributed by atoms with van der Waals surface area (Å²) in [6, 6.07) is 5.56. The van der Waals surface area contributed by atoms with Gasteiger partial charge >= 0.3 is 0 Å². The van der Waals surface area contributed by atoms with Crippen LogP contribution in [-0.4, -0.2) is 4.98 Å². The lowest BCUT2D eigenvalue weighted by molar-refractivity contribution is 0.635. The van der Waals surface area contributed by atoms with Crippen molar-refractivity contribution in [2.24, 2.45) is 5.73 Å². The highest BCUT2D eigenvalue weighted by atomic mass is 35.5. The largest absolute Gasteiger partial charge is 0.322 e. The van der Waals surface area contributed by atoms with Gasteiger partial charge in [0.05, 0.1) is 21.8 Å². The average Bonchev–Trinajstić information content (AvgIpc) is 2.82. The van der Waals surface area contributed by atoms with E-state index in [-0.39, 0.29) is 6.04 Å². The molecule has 1 atom stereocenters. The highest BCUT2D eigenvalue weighted by Gasteiger charge is 2.13. The van der Waals surface area contributed by atoms with Crippen molar-refractivity contribution < 1.29 is 0 Å². The van der Waals surface area contributed by atoms with Crippen LogP contribution in [-0.2, 0) is 0 Å². The van der Waals surface area contributed by atoms with Gasteiger partial charge in [-0.05, 0) is 12.5 Å². The molecule has 1 heterocycles. The van der Waals surface area contributed by atoms with Gasteiger partial charge in [0.25, 0.3) is 0 Å². The monoisotopic (exact) mass is 300 g/mol. The standard InChI is InChI=1S/C13H14Cl2N2S/c1-2-4-10(16)13-17-11(7-18-13)8-5-3-6-9(14)12(8)15/h3,5-7,10H,2,4,16H2,1H3. The first kappa shape index (κ1) is 13.8. The van der Waals surface area contributed by atoms with Gasteiger partial charge in [0.15, 0.2) is 0 Å². The summed E-state index contributed by atoms with van der Waals surface area (Å²) in [6.45, 7) is 2.11. The van der Waals surface area contributed by atoms with E-state index in [2.05, 4.69) is 11.9 Å². The summed E-state index contributed by atoms with van der Waals surface area (Å²) in [4.78, 5) is 4.55. The second-order valence-corrected chi connectivity index (χ2v) is 5.74. The van der Waals surface area contributed by atoms with Crippen LogP contribution in [0.1, 0.15) is 30.8 Å². The molecule has 0 aliphatic carbocycles. The molecular weight excluding hydrogens is 287 g/mol. The summed E-state index contributed by atoms with van der Waals surface area (Å²) >= 11 is 13.8. The predicted molar refractivity (Wildman–Crippen MR) is 79.4 cm³/mol. The third-order valence-corrected chi connectivity index (χ3v) is 4.46. The van der Waals surface area contributed by atoms with Gasteiger partial charge in [-0.1, -0.05) is 48.7 Å². The molecule has 2 nitrogen and oxygen atoms in total. The summed E-state index contributed by atoms with van der Waals surface area (Å²) in [5.41, 5.74) is 7.75. The molecule has 0 saturated heterocycles. The maximum absolute atomic E-state index is 6.18. The van der Waals surface area contributed by atoms with Gasteiger partial charge in [0.2, 0.25) is 0 Å². The van der Waals surface area contributed by atoms with Gasteiger partial charge in [0, 0.05) is 10.9 Å². The van der Waals surface area contributed by atoms with Gasteiger partial charge in [0.1, 0.15) is 5.01 Å². The third-order valence-electron chi connectivity index (χ3n) is 2.67. The number of halogens is 2. The molecule has 2 aromatic rings. The lowest BCUT2D eigenvalue weighted by Gasteiger charge is -2.05. The number of hydrogen-bond acceptors (Lipinski definition) is 3. The Bertz CT molecular complexity index is 540. The zero-order valence-corrected chi connectivity index (χ0v) is 12.3. The average molecular weight is 301 g/mol. The van der Waals surface area contributed by atoms with E-state index >= 15 is 0 Å². The van der Waals surface area contributed by atoms with E-state index in [1.54, 1.807) is 17.4 Å². The number of benzene rings is 1. The normalized spacial score (nSPS) is 12.7. The third kappa shape index (κ3) is 2.86. The van der Waals surface area contributed by atoms with Crippen LogP contribution in [0.3, 0.4) is 0 Å². The van der Waals surface area contributed by atoms with E-state index < -0.39 is 0 Å². The Morgan fingerprint density at radius 1 is 1.39 bits per heavy atom. The molecule has 1 aromatic heterocycles. The van der Waals surface area contributed by atoms with Crippen LogP contribution in [0.25, 0.3) is 11.3 Å². The highest BCUT2D eigenvalue weighted by molar-refractivity contribution is 7.10. The van der Waals surface area contributed by atoms with Crippen LogP contribution in [0.4, 0.5) is 0 Å². The molecule has 0 radical (unpaired) electrons. The van der Waals surface area contributed by atoms with Crippen molar-refractivity contribution in [2.75, 3.05) is 0 Å². The Morgan fingerprint density at radius 3 is 2.89 bits per heavy atom. The first-order valence-electron chi connectivity index (χ1n) is 5.79. The van der Waals surface area contributed by atoms with Gasteiger partial charge in [-0.15, -0.1) is 11.3 Å². The van der Waals surface area contributed by atoms with Crippen molar-refractivity contribution in [1.82, 2.24) is 4.98 Å². The molecule has 0 aliphatic heterocycles. The van der Waals surface area contributed by atoms with Crippen molar-refractivity contribution in [1.29, 1.82) is 0 Å². The fourth-order valence-corrected chi connectivity index (χ4v) is 2.97. The molecule has 96 valence electrons. The zero-order valence-electron chi connectivity index (χ0n) is 9.99. The van der Waals surface area contributed by atoms with Crippen LogP contribution in [0, 0.1) is 0 Å². The number of nitrogens with two attached hydrogens (primary N) is 1. The number of hydrogen-bond donors (Lipinski definition) is 1. The van der Waals surface area contributed by atoms with Crippen LogP contribution >= 0.6 is 34.5 Å². The van der Waals surface area contributed by atoms with E-state index in [1.165, 1.54) is 0 Å². The molecule has 1 aromatic carbocycles. The lowest BCUT2D eigenvalue weighted by atomic mass is 10.1. The summed E-state index contributed by atoms with van der Waals surface area (Å²) in [5, 5.41) is 4.01. The number of thiazole rings is 1. The number of nitrogens with zero attached hydrogens (tertiary/aromatic N) is 1. The molecule has 5 heteroatoms. The van der Waals surface area contributed by atoms with Crippen LogP contribution in [0.2, 0.25) is 10.0 Å². The Morgan fingerprint density at radius 2 is 2.17 bits per heavy atom. The first-order chi connectivity index (χ1) is 8.63. The second-order valence-electron chi connectivity index (χ2n) is 4.07. The van der Waals surface area contributed by atoms with Gasteiger partial charge in [-0.3, -0.25) is 0 Å². The molecular formula is C13H14Cl2N2S. The minimum atomic E-state index is 0.00621. The number of rotatable bonds is 4. The molecule has 1 unspecified atom stereocenters. The minimum Gasteiger partial charge on any atom is -0.322 e. The molecule has 0 spiro atoms. The summed E-state index contributed by atoms with van der Waals surface area (Å²) < 4.78 is 0. The molecule has 0 fully saturated rings. The van der Waals surface area contributed by atoms with Crippen LogP contribution in [0.5, 0.6) is 0 Å². The molecule has 2 N–H and O–H groups in total. The van der Waals surface area contributed by atoms with Gasteiger partial charge < -0.3 is 5.73 Å². The fourth-order valence-electron chi connectivity index (χ4n) is 1.72. The van der Waals surface area contributed by atoms with E-state index in [4.69, 9.17) is 28.9 Å². The molecule has 0 bridgehead atoms. The number of aromatic nitrogens is 1. The Balaban J connectivity index is 2.32. The van der Waals surface area contributed by atoms with E-state index in [0.717, 1.165) is 29.1 Å². The van der Waals surface area contributed by atoms with Crippen LogP contribution in [0.15, 0.2) is 23.6 Å². The van der Waals surface area contributed by atoms with Crippen LogP contribution < -0.4 is 5.73 Å². The second kappa shape index (κ2) is 6.02. The molecule has 0 amide bonds. The van der Waals surface area contributed by atoms with E-state index in [1.807, 2.05) is 17.5 Å². The zero-order chi connectivity index (χ0) is 13.1. The quantitative estimate of drug-likeness (QED) is 0.870. The molecule has 2 rings (SSSR count). The smallest absolute Gasteiger partial charge is 0.110 e. The predicted octanol–water partition coefficient (Wildman–Crippen LogP) is 4.92. The SMILES string of the molecule is CCCC(N)c1nc(-c2cccc(Cl)c2Cl)cs1. The van der Waals surface area contributed by atoms with E-state index in [0.29, 0.717) is 10.0 Å². The summed E-state index contributed by atoms with van der Waals surface area (Å²) in [7, 11) is 0. The van der Waals surface area contributed by atoms with Crippen molar-refractivity contribution in [2.45, 2.75) is 25.8 Å². The molecule has 18 heavy (non-hydrogen) atoms. The Hall–Kier alpha value is -0.610. The summed E-state index contributed by atoms with van der Waals surface area (Å²) in [5.74, 6) is 0. The topological polar surface area (TPSA) is 38.9 Å². The van der Waals surface area contributed by atoms with E-state index in [9.17, 15) is 0 Å². The maximum Gasteiger partial charge on any atom is 0.110 e. The Labute approximate surface area is 121 Å². The molecule has 0 aliphatic rings. The van der Waals surface area contributed by atoms with Crippen molar-refractivity contribution in [3.63, 3.8) is 0 Å². The van der Waals surface area contributed by atoms with Crippen molar-refractivity contribution in [3.05, 3.63) is 38.6 Å².